The highest BCUT2D eigenvalue weighted by atomic mass is 16.5. The van der Waals surface area contributed by atoms with Gasteiger partial charge in [-0.2, -0.15) is 0 Å². The molecule has 16 heavy (non-hydrogen) atoms. The fourth-order valence-corrected chi connectivity index (χ4v) is 1.94. The van der Waals surface area contributed by atoms with Gasteiger partial charge in [-0.3, -0.25) is 0 Å². The minimum absolute atomic E-state index is 0.211. The number of hydrogen-bond acceptors (Lipinski definition) is 3. The number of aryl methyl sites for hydroxylation is 1. The van der Waals surface area contributed by atoms with Crippen LogP contribution in [-0.4, -0.2) is 18.7 Å². The summed E-state index contributed by atoms with van der Waals surface area (Å²) in [7, 11) is 1.38. The van der Waals surface area contributed by atoms with Crippen molar-refractivity contribution in [3.63, 3.8) is 0 Å². The maximum Gasteiger partial charge on any atom is 0.341 e. The molecule has 0 saturated heterocycles. The van der Waals surface area contributed by atoms with E-state index in [1.807, 2.05) is 26.0 Å². The molecule has 0 atom stereocenters. The van der Waals surface area contributed by atoms with Gasteiger partial charge in [0, 0.05) is 0 Å². The summed E-state index contributed by atoms with van der Waals surface area (Å²) in [6, 6.07) is 5.61. The summed E-state index contributed by atoms with van der Waals surface area (Å²) in [6.07, 6.45) is 1.90. The van der Waals surface area contributed by atoms with Crippen LogP contribution in [0.2, 0.25) is 0 Å². The highest BCUT2D eigenvalue weighted by molar-refractivity contribution is 5.93. The molecule has 0 radical (unpaired) electrons. The molecule has 3 heteroatoms. The second-order valence-electron chi connectivity index (χ2n) is 4.65. The molecule has 1 aromatic carbocycles. The lowest BCUT2D eigenvalue weighted by molar-refractivity contribution is 0.0561. The van der Waals surface area contributed by atoms with Gasteiger partial charge >= 0.3 is 5.97 Å². The van der Waals surface area contributed by atoms with E-state index >= 15 is 0 Å². The summed E-state index contributed by atoms with van der Waals surface area (Å²) in [6.45, 7) is 4.06. The van der Waals surface area contributed by atoms with Crippen molar-refractivity contribution in [2.24, 2.45) is 0 Å². The molecule has 3 nitrogen and oxygen atoms in total. The quantitative estimate of drug-likeness (QED) is 0.682. The first kappa shape index (κ1) is 11.0. The van der Waals surface area contributed by atoms with Gasteiger partial charge in [-0.1, -0.05) is 12.1 Å². The van der Waals surface area contributed by atoms with Crippen LogP contribution in [0.15, 0.2) is 18.2 Å². The molecule has 0 N–H and O–H groups in total. The first-order chi connectivity index (χ1) is 7.53. The molecule has 1 aliphatic heterocycles. The number of hydrogen-bond donors (Lipinski definition) is 0. The number of carbonyl (C=O) groups excluding carboxylic acids is 1. The van der Waals surface area contributed by atoms with Crippen LogP contribution >= 0.6 is 0 Å². The molecule has 0 saturated carbocycles. The molecule has 0 aromatic heterocycles. The van der Waals surface area contributed by atoms with Crippen molar-refractivity contribution < 1.29 is 14.3 Å². The van der Waals surface area contributed by atoms with Gasteiger partial charge in [-0.25, -0.2) is 4.79 Å². The average Bonchev–Trinajstić information content (AvgIpc) is 2.26. The van der Waals surface area contributed by atoms with Crippen LogP contribution in [0.5, 0.6) is 5.75 Å². The third-order valence-corrected chi connectivity index (χ3v) is 2.88. The fraction of sp³-hybridized carbons (Fsp3) is 0.462. The van der Waals surface area contributed by atoms with Crippen molar-refractivity contribution in [2.75, 3.05) is 7.11 Å². The Hall–Kier alpha value is -1.51. The second-order valence-corrected chi connectivity index (χ2v) is 4.65. The Kier molecular flexibility index (Phi) is 2.62. The summed E-state index contributed by atoms with van der Waals surface area (Å²) in [5.74, 6) is 0.347. The molecular weight excluding hydrogens is 204 g/mol. The average molecular weight is 220 g/mol. The Bertz CT molecular complexity index is 421. The van der Waals surface area contributed by atoms with E-state index in [1.165, 1.54) is 7.11 Å². The number of fused-ring (bicyclic) bond motifs is 1. The van der Waals surface area contributed by atoms with Gasteiger partial charge in [0.05, 0.1) is 7.11 Å². The molecule has 0 aliphatic carbocycles. The Balaban J connectivity index is 2.46. The number of ether oxygens (including phenoxy) is 2. The fourth-order valence-electron chi connectivity index (χ4n) is 1.94. The Morgan fingerprint density at radius 1 is 1.44 bits per heavy atom. The first-order valence-electron chi connectivity index (χ1n) is 5.43. The van der Waals surface area contributed by atoms with E-state index in [2.05, 4.69) is 0 Å². The maximum absolute atomic E-state index is 11.6. The zero-order chi connectivity index (χ0) is 11.8. The van der Waals surface area contributed by atoms with Gasteiger partial charge in [-0.15, -0.1) is 0 Å². The number of esters is 1. The Morgan fingerprint density at radius 2 is 2.19 bits per heavy atom. The summed E-state index contributed by atoms with van der Waals surface area (Å²) in [5, 5.41) is 0. The summed E-state index contributed by atoms with van der Waals surface area (Å²) in [4.78, 5) is 11.6. The Labute approximate surface area is 95.4 Å². The molecule has 0 unspecified atom stereocenters. The van der Waals surface area contributed by atoms with Crippen molar-refractivity contribution in [3.05, 3.63) is 29.3 Å². The highest BCUT2D eigenvalue weighted by Gasteiger charge is 2.29. The zero-order valence-electron chi connectivity index (χ0n) is 9.87. The molecule has 1 heterocycles. The Morgan fingerprint density at radius 3 is 2.88 bits per heavy atom. The molecule has 1 aromatic rings. The van der Waals surface area contributed by atoms with Crippen molar-refractivity contribution in [3.8, 4) is 5.75 Å². The van der Waals surface area contributed by atoms with E-state index in [1.54, 1.807) is 6.07 Å². The van der Waals surface area contributed by atoms with Gasteiger partial charge in [0.1, 0.15) is 16.9 Å². The topological polar surface area (TPSA) is 35.5 Å². The minimum atomic E-state index is -0.338. The molecule has 0 spiro atoms. The van der Waals surface area contributed by atoms with E-state index in [0.717, 1.165) is 18.4 Å². The lowest BCUT2D eigenvalue weighted by Gasteiger charge is -2.33. The first-order valence-corrected chi connectivity index (χ1v) is 5.43. The second kappa shape index (κ2) is 3.81. The van der Waals surface area contributed by atoms with E-state index in [4.69, 9.17) is 9.47 Å². The van der Waals surface area contributed by atoms with Crippen LogP contribution < -0.4 is 4.74 Å². The van der Waals surface area contributed by atoms with E-state index in [-0.39, 0.29) is 11.6 Å². The number of benzene rings is 1. The number of carbonyl (C=O) groups is 1. The van der Waals surface area contributed by atoms with E-state index in [0.29, 0.717) is 11.3 Å². The number of para-hydroxylation sites is 1. The number of methoxy groups -OCH3 is 1. The molecule has 1 aliphatic rings. The summed E-state index contributed by atoms with van der Waals surface area (Å²) >= 11 is 0. The highest BCUT2D eigenvalue weighted by Crippen LogP contribution is 2.35. The van der Waals surface area contributed by atoms with Crippen molar-refractivity contribution in [1.29, 1.82) is 0 Å². The maximum atomic E-state index is 11.6. The van der Waals surface area contributed by atoms with Crippen molar-refractivity contribution in [1.82, 2.24) is 0 Å². The van der Waals surface area contributed by atoms with Crippen LogP contribution in [0.1, 0.15) is 36.2 Å². The molecule has 86 valence electrons. The molecule has 0 bridgehead atoms. The van der Waals surface area contributed by atoms with Crippen LogP contribution in [0, 0.1) is 0 Å². The summed E-state index contributed by atoms with van der Waals surface area (Å²) < 4.78 is 10.6. The van der Waals surface area contributed by atoms with Gasteiger partial charge in [0.15, 0.2) is 0 Å². The van der Waals surface area contributed by atoms with Gasteiger partial charge in [-0.05, 0) is 38.3 Å². The monoisotopic (exact) mass is 220 g/mol. The van der Waals surface area contributed by atoms with Gasteiger partial charge in [0.25, 0.3) is 0 Å². The third-order valence-electron chi connectivity index (χ3n) is 2.88. The van der Waals surface area contributed by atoms with Crippen molar-refractivity contribution >= 4 is 5.97 Å². The predicted molar refractivity (Wildman–Crippen MR) is 60.8 cm³/mol. The lowest BCUT2D eigenvalue weighted by atomic mass is 9.93. The SMILES string of the molecule is COC(=O)c1cccc2c1OC(C)(C)CC2. The van der Waals surface area contributed by atoms with E-state index < -0.39 is 0 Å². The minimum Gasteiger partial charge on any atom is -0.487 e. The van der Waals surface area contributed by atoms with Crippen molar-refractivity contribution in [2.45, 2.75) is 32.3 Å². The number of rotatable bonds is 1. The van der Waals surface area contributed by atoms with Crippen LogP contribution in [0.4, 0.5) is 0 Å². The standard InChI is InChI=1S/C13H16O3/c1-13(2)8-7-9-5-4-6-10(11(9)16-13)12(14)15-3/h4-6H,7-8H2,1-3H3. The largest absolute Gasteiger partial charge is 0.487 e. The third kappa shape index (κ3) is 1.90. The molecule has 2 rings (SSSR count). The normalized spacial score (nSPS) is 17.2. The molecular formula is C13H16O3. The van der Waals surface area contributed by atoms with Crippen LogP contribution in [0.25, 0.3) is 0 Å². The summed E-state index contributed by atoms with van der Waals surface area (Å²) in [5.41, 5.74) is 1.40. The predicted octanol–water partition coefficient (Wildman–Crippen LogP) is 2.58. The van der Waals surface area contributed by atoms with E-state index in [9.17, 15) is 4.79 Å². The van der Waals surface area contributed by atoms with Crippen LogP contribution in [0.3, 0.4) is 0 Å². The van der Waals surface area contributed by atoms with Gasteiger partial charge in [0.2, 0.25) is 0 Å². The van der Waals surface area contributed by atoms with Gasteiger partial charge < -0.3 is 9.47 Å². The lowest BCUT2D eigenvalue weighted by Crippen LogP contribution is -2.33. The smallest absolute Gasteiger partial charge is 0.341 e. The van der Waals surface area contributed by atoms with Crippen LogP contribution in [-0.2, 0) is 11.2 Å². The molecule has 0 fully saturated rings. The molecule has 0 amide bonds. The zero-order valence-corrected chi connectivity index (χ0v) is 9.87.